The smallest absolute Gasteiger partial charge is 0.243 e. The van der Waals surface area contributed by atoms with Crippen LogP contribution in [0.1, 0.15) is 19.8 Å². The molecule has 0 aromatic carbocycles. The lowest BCUT2D eigenvalue weighted by Gasteiger charge is -2.24. The van der Waals surface area contributed by atoms with Gasteiger partial charge in [0.25, 0.3) is 0 Å². The molecule has 3 aliphatic heterocycles. The van der Waals surface area contributed by atoms with Gasteiger partial charge in [-0.3, -0.25) is 14.4 Å². The van der Waals surface area contributed by atoms with E-state index >= 15 is 0 Å². The first-order chi connectivity index (χ1) is 12.0. The monoisotopic (exact) mass is 369 g/mol. The van der Waals surface area contributed by atoms with Crippen molar-refractivity contribution in [1.29, 1.82) is 0 Å². The molecular weight excluding hydrogens is 346 g/mol. The van der Waals surface area contributed by atoms with E-state index in [1.807, 2.05) is 0 Å². The number of rotatable bonds is 6. The second-order valence-corrected chi connectivity index (χ2v) is 7.69. The number of thioether (sulfide) groups is 1. The Morgan fingerprint density at radius 3 is 2.84 bits per heavy atom. The molecule has 138 valence electrons. The molecule has 0 aromatic heterocycles. The molecule has 1 spiro atoms. The second-order valence-electron chi connectivity index (χ2n) is 6.52. The minimum Gasteiger partial charge on any atom is -0.353 e. The fourth-order valence-corrected chi connectivity index (χ4v) is 4.45. The molecule has 3 aliphatic rings. The molecule has 3 heterocycles. The third-order valence-corrected chi connectivity index (χ3v) is 5.84. The molecule has 2 N–H and O–H groups in total. The summed E-state index contributed by atoms with van der Waals surface area (Å²) in [5.41, 5.74) is 1.31. The van der Waals surface area contributed by atoms with Gasteiger partial charge in [0.15, 0.2) is 5.79 Å². The minimum absolute atomic E-state index is 0.148. The molecule has 3 amide bonds. The van der Waals surface area contributed by atoms with Crippen LogP contribution in [0.5, 0.6) is 0 Å². The van der Waals surface area contributed by atoms with Crippen molar-refractivity contribution >= 4 is 30.0 Å². The molecule has 0 radical (unpaired) electrons. The van der Waals surface area contributed by atoms with E-state index < -0.39 is 11.8 Å². The van der Waals surface area contributed by atoms with Crippen molar-refractivity contribution in [2.45, 2.75) is 36.8 Å². The van der Waals surface area contributed by atoms with Crippen molar-refractivity contribution in [3.05, 3.63) is 11.0 Å². The summed E-state index contributed by atoms with van der Waals surface area (Å²) >= 11 is 1.72. The van der Waals surface area contributed by atoms with E-state index in [4.69, 9.17) is 9.47 Å². The Kier molecular flexibility index (Phi) is 5.65. The van der Waals surface area contributed by atoms with Crippen LogP contribution in [0.3, 0.4) is 0 Å². The highest BCUT2D eigenvalue weighted by atomic mass is 32.2. The Morgan fingerprint density at radius 2 is 2.20 bits per heavy atom. The minimum atomic E-state index is -0.904. The SMILES string of the molecule is CC1=CSC(CNC(=O)C2CC3(CN2C(=O)CNC=O)OCCO3)C1. The van der Waals surface area contributed by atoms with Crippen LogP contribution in [0.25, 0.3) is 0 Å². The van der Waals surface area contributed by atoms with Crippen LogP contribution in [0, 0.1) is 0 Å². The standard InChI is InChI=1S/C16H23N3O5S/c1-11-4-12(25-8-11)6-18-15(22)13-5-16(23-2-3-24-16)9-19(13)14(21)7-17-10-20/h8,10,12-13H,2-7,9H2,1H3,(H,17,20)(H,18,22). The number of nitrogens with zero attached hydrogens (tertiary/aromatic N) is 1. The third-order valence-electron chi connectivity index (χ3n) is 4.58. The van der Waals surface area contributed by atoms with Crippen molar-refractivity contribution < 1.29 is 23.9 Å². The number of ether oxygens (including phenoxy) is 2. The fraction of sp³-hybridized carbons (Fsp3) is 0.688. The van der Waals surface area contributed by atoms with Crippen LogP contribution < -0.4 is 10.6 Å². The lowest BCUT2D eigenvalue weighted by molar-refractivity contribution is -0.152. The van der Waals surface area contributed by atoms with Crippen molar-refractivity contribution in [3.63, 3.8) is 0 Å². The zero-order valence-electron chi connectivity index (χ0n) is 14.2. The van der Waals surface area contributed by atoms with Crippen LogP contribution in [0.4, 0.5) is 0 Å². The van der Waals surface area contributed by atoms with Gasteiger partial charge in [-0.15, -0.1) is 11.8 Å². The van der Waals surface area contributed by atoms with E-state index in [-0.39, 0.29) is 24.9 Å². The molecule has 0 bridgehead atoms. The predicted molar refractivity (Wildman–Crippen MR) is 91.6 cm³/mol. The Morgan fingerprint density at radius 1 is 1.44 bits per heavy atom. The van der Waals surface area contributed by atoms with Gasteiger partial charge in [-0.1, -0.05) is 5.57 Å². The summed E-state index contributed by atoms with van der Waals surface area (Å²) < 4.78 is 11.3. The molecule has 0 aliphatic carbocycles. The highest BCUT2D eigenvalue weighted by molar-refractivity contribution is 8.03. The first-order valence-corrected chi connectivity index (χ1v) is 9.30. The lowest BCUT2D eigenvalue weighted by atomic mass is 10.1. The topological polar surface area (TPSA) is 97.0 Å². The van der Waals surface area contributed by atoms with Gasteiger partial charge in [0.05, 0.1) is 26.3 Å². The maximum atomic E-state index is 12.7. The van der Waals surface area contributed by atoms with E-state index in [1.165, 1.54) is 10.5 Å². The Bertz CT molecular complexity index is 576. The maximum absolute atomic E-state index is 12.7. The molecule has 2 atom stereocenters. The zero-order chi connectivity index (χ0) is 17.9. The van der Waals surface area contributed by atoms with Crippen molar-refractivity contribution in [3.8, 4) is 0 Å². The predicted octanol–water partition coefficient (Wildman–Crippen LogP) is -0.398. The fourth-order valence-electron chi connectivity index (χ4n) is 3.39. The third kappa shape index (κ3) is 4.16. The largest absolute Gasteiger partial charge is 0.353 e. The maximum Gasteiger partial charge on any atom is 0.243 e. The Labute approximate surface area is 150 Å². The van der Waals surface area contributed by atoms with E-state index in [2.05, 4.69) is 23.0 Å². The van der Waals surface area contributed by atoms with Gasteiger partial charge in [-0.25, -0.2) is 0 Å². The highest BCUT2D eigenvalue weighted by Crippen LogP contribution is 2.35. The highest BCUT2D eigenvalue weighted by Gasteiger charge is 2.52. The van der Waals surface area contributed by atoms with Crippen molar-refractivity contribution in [2.75, 3.05) is 32.8 Å². The molecule has 2 saturated heterocycles. The quantitative estimate of drug-likeness (QED) is 0.619. The first-order valence-electron chi connectivity index (χ1n) is 8.36. The van der Waals surface area contributed by atoms with Crippen molar-refractivity contribution in [1.82, 2.24) is 15.5 Å². The number of hydrogen-bond donors (Lipinski definition) is 2. The van der Waals surface area contributed by atoms with E-state index in [9.17, 15) is 14.4 Å². The van der Waals surface area contributed by atoms with Gasteiger partial charge in [0, 0.05) is 18.2 Å². The molecular formula is C16H23N3O5S. The number of likely N-dealkylation sites (tertiary alicyclic amines) is 1. The molecule has 0 saturated carbocycles. The van der Waals surface area contributed by atoms with E-state index in [1.54, 1.807) is 11.8 Å². The van der Waals surface area contributed by atoms with E-state index in [0.717, 1.165) is 6.42 Å². The number of nitrogens with one attached hydrogen (secondary N) is 2. The van der Waals surface area contributed by atoms with Crippen LogP contribution in [-0.4, -0.2) is 73.1 Å². The van der Waals surface area contributed by atoms with Crippen LogP contribution in [0.2, 0.25) is 0 Å². The normalized spacial score (nSPS) is 27.4. The van der Waals surface area contributed by atoms with E-state index in [0.29, 0.717) is 37.8 Å². The van der Waals surface area contributed by atoms with Gasteiger partial charge in [-0.2, -0.15) is 0 Å². The Balaban J connectivity index is 1.61. The van der Waals surface area contributed by atoms with Crippen LogP contribution in [-0.2, 0) is 23.9 Å². The van der Waals surface area contributed by atoms with Crippen molar-refractivity contribution in [2.24, 2.45) is 0 Å². The molecule has 2 unspecified atom stereocenters. The summed E-state index contributed by atoms with van der Waals surface area (Å²) in [4.78, 5) is 36.9. The van der Waals surface area contributed by atoms with Gasteiger partial charge < -0.3 is 25.0 Å². The van der Waals surface area contributed by atoms with Crippen LogP contribution >= 0.6 is 11.8 Å². The number of carbonyl (C=O) groups excluding carboxylic acids is 3. The summed E-state index contributed by atoms with van der Waals surface area (Å²) in [5, 5.41) is 7.74. The van der Waals surface area contributed by atoms with Gasteiger partial charge in [-0.05, 0) is 18.8 Å². The molecule has 9 heteroatoms. The van der Waals surface area contributed by atoms with Crippen LogP contribution in [0.15, 0.2) is 11.0 Å². The molecule has 3 rings (SSSR count). The average Bonchev–Trinajstić information content (AvgIpc) is 3.32. The first kappa shape index (κ1) is 18.2. The number of allylic oxidation sites excluding steroid dienone is 1. The lowest BCUT2D eigenvalue weighted by Crippen LogP contribution is -2.49. The van der Waals surface area contributed by atoms with Gasteiger partial charge >= 0.3 is 0 Å². The second kappa shape index (κ2) is 7.76. The number of amides is 3. The summed E-state index contributed by atoms with van der Waals surface area (Å²) in [6, 6.07) is -0.653. The number of carbonyl (C=O) groups is 3. The van der Waals surface area contributed by atoms with Gasteiger partial charge in [0.2, 0.25) is 18.2 Å². The molecule has 0 aromatic rings. The average molecular weight is 369 g/mol. The zero-order valence-corrected chi connectivity index (χ0v) is 15.0. The molecule has 8 nitrogen and oxygen atoms in total. The molecule has 25 heavy (non-hydrogen) atoms. The Hall–Kier alpha value is -1.58. The van der Waals surface area contributed by atoms with Gasteiger partial charge in [0.1, 0.15) is 6.04 Å². The summed E-state index contributed by atoms with van der Waals surface area (Å²) in [7, 11) is 0. The summed E-state index contributed by atoms with van der Waals surface area (Å²) in [5.74, 6) is -1.43. The molecule has 2 fully saturated rings. The summed E-state index contributed by atoms with van der Waals surface area (Å²) in [6.07, 6.45) is 1.73. The number of hydrogen-bond acceptors (Lipinski definition) is 6. The summed E-state index contributed by atoms with van der Waals surface area (Å²) in [6.45, 7) is 3.58.